The topological polar surface area (TPSA) is 123 Å². The molecule has 0 amide bonds. The number of hydrogen-bond acceptors (Lipinski definition) is 9. The van der Waals surface area contributed by atoms with E-state index in [2.05, 4.69) is 18.7 Å². The van der Waals surface area contributed by atoms with Crippen LogP contribution < -0.4 is 0 Å². The summed E-state index contributed by atoms with van der Waals surface area (Å²) in [7, 11) is -0.386. The van der Waals surface area contributed by atoms with Gasteiger partial charge in [-0.3, -0.25) is 4.90 Å². The molecular formula is C37H46ClNO8S. The molecule has 260 valence electrons. The lowest BCUT2D eigenvalue weighted by molar-refractivity contribution is -0.335. The fourth-order valence-corrected chi connectivity index (χ4v) is 14.0. The van der Waals surface area contributed by atoms with Gasteiger partial charge in [0.1, 0.15) is 16.8 Å². The molecule has 6 aliphatic rings. The van der Waals surface area contributed by atoms with Crippen molar-refractivity contribution in [2.75, 3.05) is 27.3 Å². The van der Waals surface area contributed by atoms with Gasteiger partial charge < -0.3 is 24.4 Å². The molecule has 11 heteroatoms. The second-order valence-corrected chi connectivity index (χ2v) is 18.0. The third-order valence-corrected chi connectivity index (χ3v) is 15.9. The van der Waals surface area contributed by atoms with Crippen molar-refractivity contribution >= 4 is 27.4 Å². The van der Waals surface area contributed by atoms with Crippen molar-refractivity contribution in [3.63, 3.8) is 0 Å². The van der Waals surface area contributed by atoms with Crippen LogP contribution in [0.2, 0.25) is 5.02 Å². The lowest BCUT2D eigenvalue weighted by Crippen LogP contribution is -2.83. The smallest absolute Gasteiger partial charge is 0.339 e. The standard InChI is InChI=1S/C37H46ClNO8S/c1-5-39-20-34(47-33(40)25-9-7-6-8-22(25)19-48(43,44)24-12-10-23(38)11-13-24)15-14-30(45-3)36-28(34)17-27(31(36)39)35(41)18-21(2)26-16-29(36)37(35,42)32(26)46-4/h6-13,21,26-32,41-42H,5,14-20H2,1-4H3/t21-,26+,27?,28?,29?,30-,31+,32-,34+,35-,36?,37-/m0/s1. The molecule has 0 radical (unpaired) electrons. The highest BCUT2D eigenvalue weighted by atomic mass is 35.5. The molecule has 1 saturated heterocycles. The van der Waals surface area contributed by atoms with Gasteiger partial charge >= 0.3 is 5.97 Å². The molecule has 4 unspecified atom stereocenters. The van der Waals surface area contributed by atoms with Crippen molar-refractivity contribution in [3.8, 4) is 0 Å². The van der Waals surface area contributed by atoms with E-state index in [-0.39, 0.29) is 57.9 Å². The van der Waals surface area contributed by atoms with Gasteiger partial charge in [0.15, 0.2) is 9.84 Å². The molecule has 8 rings (SSSR count). The molecule has 12 atom stereocenters. The number of carbonyl (C=O) groups excluding carboxylic acids is 1. The number of likely N-dealkylation sites (tertiary alicyclic amines) is 1. The summed E-state index contributed by atoms with van der Waals surface area (Å²) < 4.78 is 46.2. The number of piperidine rings is 1. The Hall–Kier alpha value is -2.05. The highest BCUT2D eigenvalue weighted by molar-refractivity contribution is 7.90. The number of methoxy groups -OCH3 is 2. The zero-order chi connectivity index (χ0) is 34.0. The van der Waals surface area contributed by atoms with E-state index in [4.69, 9.17) is 25.8 Å². The average molecular weight is 700 g/mol. The van der Waals surface area contributed by atoms with Crippen molar-refractivity contribution in [1.82, 2.24) is 4.90 Å². The molecule has 1 spiro atoms. The lowest BCUT2D eigenvalue weighted by atomic mass is 9.43. The van der Waals surface area contributed by atoms with Crippen LogP contribution in [0.4, 0.5) is 0 Å². The SMILES string of the molecule is CCN1C[C@]2(OC(=O)c3ccccc3CS(=O)(=O)c3ccc(Cl)cc3)CC[C@H](OC)C34C2CC([C@@H]13)[C@@]1(O)C[C@H](C)[C@H]2CC4[C@]1(O)[C@H]2OC. The third-order valence-electron chi connectivity index (χ3n) is 14.0. The predicted octanol–water partition coefficient (Wildman–Crippen LogP) is 4.51. The molecule has 0 aromatic heterocycles. The number of fused-ring (bicyclic) bond motifs is 2. The van der Waals surface area contributed by atoms with Gasteiger partial charge in [-0.2, -0.15) is 0 Å². The molecule has 2 aromatic carbocycles. The van der Waals surface area contributed by atoms with Crippen molar-refractivity contribution in [3.05, 3.63) is 64.7 Å². The van der Waals surface area contributed by atoms with E-state index in [1.54, 1.807) is 38.5 Å². The Bertz CT molecular complexity index is 1740. The molecule has 7 bridgehead atoms. The number of benzene rings is 2. The second-order valence-electron chi connectivity index (χ2n) is 15.5. The molecule has 5 aliphatic carbocycles. The van der Waals surface area contributed by atoms with Gasteiger partial charge in [0.25, 0.3) is 0 Å². The molecule has 2 N–H and O–H groups in total. The second kappa shape index (κ2) is 11.0. The van der Waals surface area contributed by atoms with Gasteiger partial charge in [-0.15, -0.1) is 0 Å². The monoisotopic (exact) mass is 699 g/mol. The van der Waals surface area contributed by atoms with Crippen molar-refractivity contribution < 1.29 is 37.6 Å². The van der Waals surface area contributed by atoms with E-state index < -0.39 is 44.1 Å². The zero-order valence-electron chi connectivity index (χ0n) is 28.0. The molecule has 48 heavy (non-hydrogen) atoms. The van der Waals surface area contributed by atoms with Crippen molar-refractivity contribution in [2.24, 2.45) is 35.0 Å². The minimum atomic E-state index is -3.78. The fraction of sp³-hybridized carbons (Fsp3) is 0.649. The summed E-state index contributed by atoms with van der Waals surface area (Å²) in [5.74, 6) is -1.36. The Morgan fingerprint density at radius 3 is 2.46 bits per heavy atom. The normalized spacial score (nSPS) is 44.1. The van der Waals surface area contributed by atoms with Gasteiger partial charge in [0.2, 0.25) is 0 Å². The number of likely N-dealkylation sites (N-methyl/N-ethyl adjacent to an activating group) is 1. The number of carbonyl (C=O) groups is 1. The van der Waals surface area contributed by atoms with Crippen LogP contribution in [0.3, 0.4) is 0 Å². The number of nitrogens with zero attached hydrogens (tertiary/aromatic N) is 1. The van der Waals surface area contributed by atoms with Crippen LogP contribution in [-0.4, -0.2) is 91.9 Å². The number of halogens is 1. The Labute approximate surface area is 287 Å². The first kappa shape index (κ1) is 33.1. The molecule has 1 aliphatic heterocycles. The van der Waals surface area contributed by atoms with E-state index in [0.717, 1.165) is 0 Å². The van der Waals surface area contributed by atoms with E-state index in [0.29, 0.717) is 55.8 Å². The fourth-order valence-electron chi connectivity index (χ4n) is 12.5. The van der Waals surface area contributed by atoms with Crippen molar-refractivity contribution in [2.45, 2.75) is 91.7 Å². The third kappa shape index (κ3) is 4.02. The van der Waals surface area contributed by atoms with Crippen LogP contribution in [0.15, 0.2) is 53.4 Å². The summed E-state index contributed by atoms with van der Waals surface area (Å²) in [5.41, 5.74) is -3.69. The molecule has 9 nitrogen and oxygen atoms in total. The number of aliphatic hydroxyl groups is 2. The van der Waals surface area contributed by atoms with Crippen LogP contribution in [0.1, 0.15) is 61.9 Å². The van der Waals surface area contributed by atoms with Crippen molar-refractivity contribution in [1.29, 1.82) is 0 Å². The van der Waals surface area contributed by atoms with Gasteiger partial charge in [-0.25, -0.2) is 13.2 Å². The highest BCUT2D eigenvalue weighted by Gasteiger charge is 2.88. The van der Waals surface area contributed by atoms with Crippen LogP contribution in [0, 0.1) is 35.0 Å². The molecule has 1 heterocycles. The van der Waals surface area contributed by atoms with Crippen LogP contribution in [0.5, 0.6) is 0 Å². The number of esters is 1. The van der Waals surface area contributed by atoms with Crippen LogP contribution in [-0.2, 0) is 29.8 Å². The Morgan fingerprint density at radius 1 is 1.04 bits per heavy atom. The maximum Gasteiger partial charge on any atom is 0.339 e. The average Bonchev–Trinajstić information content (AvgIpc) is 3.49. The number of sulfone groups is 1. The Morgan fingerprint density at radius 2 is 1.77 bits per heavy atom. The minimum Gasteiger partial charge on any atom is -0.454 e. The van der Waals surface area contributed by atoms with Gasteiger partial charge in [-0.1, -0.05) is 43.6 Å². The molecular weight excluding hydrogens is 654 g/mol. The lowest BCUT2D eigenvalue weighted by Gasteiger charge is -2.70. The maximum absolute atomic E-state index is 14.4. The largest absolute Gasteiger partial charge is 0.454 e. The van der Waals surface area contributed by atoms with Gasteiger partial charge in [-0.05, 0) is 86.4 Å². The quantitative estimate of drug-likeness (QED) is 0.384. The van der Waals surface area contributed by atoms with E-state index in [1.165, 1.54) is 24.3 Å². The summed E-state index contributed by atoms with van der Waals surface area (Å²) in [6.45, 7) is 5.49. The number of rotatable bonds is 8. The van der Waals surface area contributed by atoms with E-state index >= 15 is 0 Å². The first-order valence-corrected chi connectivity index (χ1v) is 19.4. The zero-order valence-corrected chi connectivity index (χ0v) is 29.5. The number of ether oxygens (including phenoxy) is 3. The summed E-state index contributed by atoms with van der Waals surface area (Å²) in [6, 6.07) is 12.7. The van der Waals surface area contributed by atoms with E-state index in [9.17, 15) is 23.4 Å². The summed E-state index contributed by atoms with van der Waals surface area (Å²) in [4.78, 5) is 16.9. The molecule has 5 saturated carbocycles. The summed E-state index contributed by atoms with van der Waals surface area (Å²) in [5, 5.41) is 26.2. The Balaban J connectivity index is 1.20. The van der Waals surface area contributed by atoms with Crippen LogP contribution in [0.25, 0.3) is 0 Å². The highest BCUT2D eigenvalue weighted by Crippen LogP contribution is 2.79. The number of hydrogen-bond donors (Lipinski definition) is 2. The summed E-state index contributed by atoms with van der Waals surface area (Å²) >= 11 is 6.00. The van der Waals surface area contributed by atoms with Gasteiger partial charge in [0, 0.05) is 55.0 Å². The molecule has 6 fully saturated rings. The minimum absolute atomic E-state index is 0.0433. The Kier molecular flexibility index (Phi) is 7.57. The maximum atomic E-state index is 14.4. The first-order chi connectivity index (χ1) is 22.8. The van der Waals surface area contributed by atoms with Crippen LogP contribution >= 0.6 is 11.6 Å². The van der Waals surface area contributed by atoms with E-state index in [1.807, 2.05) is 0 Å². The molecule has 2 aromatic rings. The predicted molar refractivity (Wildman–Crippen MR) is 178 cm³/mol. The first-order valence-electron chi connectivity index (χ1n) is 17.4. The van der Waals surface area contributed by atoms with Gasteiger partial charge in [0.05, 0.1) is 28.4 Å². The summed E-state index contributed by atoms with van der Waals surface area (Å²) in [6.07, 6.45) is 2.36.